The summed E-state index contributed by atoms with van der Waals surface area (Å²) in [5.41, 5.74) is 2.21. The van der Waals surface area contributed by atoms with Crippen molar-refractivity contribution in [3.8, 4) is 11.4 Å². The highest BCUT2D eigenvalue weighted by atomic mass is 32.2. The molecule has 1 fully saturated rings. The van der Waals surface area contributed by atoms with Gasteiger partial charge in [-0.2, -0.15) is 8.42 Å². The minimum atomic E-state index is -3.84. The number of hydrogen-bond acceptors (Lipinski definition) is 7. The van der Waals surface area contributed by atoms with E-state index in [2.05, 4.69) is 19.7 Å². The molecule has 2 aliphatic rings. The molecule has 1 N–H and O–H groups in total. The Morgan fingerprint density at radius 2 is 2.00 bits per heavy atom. The van der Waals surface area contributed by atoms with Crippen LogP contribution in [0, 0.1) is 0 Å². The van der Waals surface area contributed by atoms with Gasteiger partial charge in [0.1, 0.15) is 16.4 Å². The first kappa shape index (κ1) is 19.8. The van der Waals surface area contributed by atoms with E-state index in [1.54, 1.807) is 18.3 Å². The molecule has 0 spiro atoms. The summed E-state index contributed by atoms with van der Waals surface area (Å²) < 4.78 is 29.6. The predicted octanol–water partition coefficient (Wildman–Crippen LogP) is 3.94. The van der Waals surface area contributed by atoms with Crippen molar-refractivity contribution in [1.82, 2.24) is 9.97 Å². The summed E-state index contributed by atoms with van der Waals surface area (Å²) in [6, 6.07) is 10.3. The molecule has 8 nitrogen and oxygen atoms in total. The lowest BCUT2D eigenvalue weighted by Crippen LogP contribution is -2.35. The van der Waals surface area contributed by atoms with Gasteiger partial charge in [0.05, 0.1) is 11.4 Å². The first-order valence-electron chi connectivity index (χ1n) is 9.95. The molecule has 10 heteroatoms. The number of nitrogens with one attached hydrogen (secondary N) is 1. The van der Waals surface area contributed by atoms with Gasteiger partial charge in [-0.15, -0.1) is 15.7 Å². The lowest BCUT2D eigenvalue weighted by Gasteiger charge is -2.29. The molecule has 0 bridgehead atoms. The molecule has 2 aromatic heterocycles. The zero-order valence-corrected chi connectivity index (χ0v) is 18.1. The average molecular weight is 454 g/mol. The van der Waals surface area contributed by atoms with Gasteiger partial charge in [0.2, 0.25) is 0 Å². The van der Waals surface area contributed by atoms with Crippen LogP contribution < -0.4 is 10.2 Å². The number of amides is 1. The molecule has 1 saturated heterocycles. The summed E-state index contributed by atoms with van der Waals surface area (Å²) >= 11 is 1.28. The first-order valence-corrected chi connectivity index (χ1v) is 12.3. The molecular formula is C21H19N5O3S2. The Labute approximate surface area is 183 Å². The van der Waals surface area contributed by atoms with E-state index in [0.29, 0.717) is 34.5 Å². The molecule has 3 aromatic rings. The number of thiazole rings is 1. The fourth-order valence-corrected chi connectivity index (χ4v) is 5.74. The molecule has 0 radical (unpaired) electrons. The number of amidine groups is 1. The van der Waals surface area contributed by atoms with Crippen molar-refractivity contribution < 1.29 is 13.2 Å². The Morgan fingerprint density at radius 3 is 2.84 bits per heavy atom. The maximum atomic E-state index is 12.8. The first-order chi connectivity index (χ1) is 15.0. The number of aromatic nitrogens is 2. The fraction of sp³-hybridized carbons (Fsp3) is 0.238. The van der Waals surface area contributed by atoms with E-state index >= 15 is 0 Å². The van der Waals surface area contributed by atoms with Crippen LogP contribution in [0.3, 0.4) is 0 Å². The van der Waals surface area contributed by atoms with Crippen LogP contribution in [0.4, 0.5) is 10.8 Å². The van der Waals surface area contributed by atoms with Gasteiger partial charge in [-0.1, -0.05) is 12.5 Å². The van der Waals surface area contributed by atoms with E-state index < -0.39 is 15.9 Å². The molecule has 5 rings (SSSR count). The van der Waals surface area contributed by atoms with Gasteiger partial charge in [0, 0.05) is 30.1 Å². The summed E-state index contributed by atoms with van der Waals surface area (Å²) in [4.78, 5) is 23.5. The molecule has 1 aromatic carbocycles. The summed E-state index contributed by atoms with van der Waals surface area (Å²) in [6.07, 6.45) is 5.26. The van der Waals surface area contributed by atoms with Crippen molar-refractivity contribution in [2.75, 3.05) is 16.8 Å². The Balaban J connectivity index is 1.42. The smallest absolute Gasteiger partial charge is 0.286 e. The van der Waals surface area contributed by atoms with E-state index in [0.717, 1.165) is 25.8 Å². The number of carbonyl (C=O) groups excluding carboxylic acids is 1. The van der Waals surface area contributed by atoms with Crippen molar-refractivity contribution in [2.45, 2.75) is 30.6 Å². The zero-order chi connectivity index (χ0) is 21.4. The quantitative estimate of drug-likeness (QED) is 0.644. The maximum absolute atomic E-state index is 12.8. The monoisotopic (exact) mass is 453 g/mol. The largest absolute Gasteiger partial charge is 0.328 e. The number of pyridine rings is 1. The normalized spacial score (nSPS) is 17.2. The molecule has 0 aliphatic carbocycles. The van der Waals surface area contributed by atoms with Gasteiger partial charge < -0.3 is 4.90 Å². The molecule has 158 valence electrons. The van der Waals surface area contributed by atoms with Crippen molar-refractivity contribution in [1.29, 1.82) is 0 Å². The summed E-state index contributed by atoms with van der Waals surface area (Å²) in [7, 11) is -3.84. The highest BCUT2D eigenvalue weighted by Gasteiger charge is 2.32. The van der Waals surface area contributed by atoms with Gasteiger partial charge in [0.25, 0.3) is 15.9 Å². The lowest BCUT2D eigenvalue weighted by atomic mass is 10.1. The molecule has 0 saturated carbocycles. The Bertz CT molecular complexity index is 1290. The van der Waals surface area contributed by atoms with E-state index in [1.807, 2.05) is 28.5 Å². The summed E-state index contributed by atoms with van der Waals surface area (Å²) in [6.45, 7) is 0.725. The standard InChI is InChI=1S/C21H19N5O3S2/c27-20(24-21-23-16(13-30-21)15-6-3-4-10-22-15)14-8-9-17-18(12-14)31(28,29)25-19-7-2-1-5-11-26(17)19/h3-4,6,8-10,12-13H,1-2,5,7,11H2,(H,23,24,27). The van der Waals surface area contributed by atoms with E-state index in [4.69, 9.17) is 0 Å². The van der Waals surface area contributed by atoms with Crippen LogP contribution in [0.2, 0.25) is 0 Å². The Morgan fingerprint density at radius 1 is 1.10 bits per heavy atom. The molecule has 0 unspecified atom stereocenters. The van der Waals surface area contributed by atoms with Gasteiger partial charge >= 0.3 is 0 Å². The number of sulfonamides is 1. The molecular weight excluding hydrogens is 434 g/mol. The maximum Gasteiger partial charge on any atom is 0.286 e. The van der Waals surface area contributed by atoms with Gasteiger partial charge in [-0.05, 0) is 43.2 Å². The van der Waals surface area contributed by atoms with Crippen molar-refractivity contribution in [2.24, 2.45) is 4.40 Å². The highest BCUT2D eigenvalue weighted by Crippen LogP contribution is 2.35. The number of nitrogens with zero attached hydrogens (tertiary/aromatic N) is 4. The predicted molar refractivity (Wildman–Crippen MR) is 120 cm³/mol. The fourth-order valence-electron chi connectivity index (χ4n) is 3.75. The topological polar surface area (TPSA) is 105 Å². The summed E-state index contributed by atoms with van der Waals surface area (Å²) in [5.74, 6) is 0.164. The number of benzene rings is 1. The third-order valence-electron chi connectivity index (χ3n) is 5.26. The number of rotatable bonds is 3. The number of anilines is 2. The van der Waals surface area contributed by atoms with Crippen LogP contribution in [0.15, 0.2) is 57.3 Å². The van der Waals surface area contributed by atoms with Gasteiger partial charge in [0.15, 0.2) is 5.13 Å². The zero-order valence-electron chi connectivity index (χ0n) is 16.5. The summed E-state index contributed by atoms with van der Waals surface area (Å²) in [5, 5.41) is 4.97. The van der Waals surface area contributed by atoms with Crippen LogP contribution in [0.1, 0.15) is 36.0 Å². The van der Waals surface area contributed by atoms with E-state index in [-0.39, 0.29) is 10.5 Å². The third-order valence-corrected chi connectivity index (χ3v) is 7.35. The Hall–Kier alpha value is -3.11. The van der Waals surface area contributed by atoms with E-state index in [9.17, 15) is 13.2 Å². The van der Waals surface area contributed by atoms with Crippen LogP contribution in [-0.4, -0.2) is 36.7 Å². The third kappa shape index (κ3) is 3.84. The molecule has 2 aliphatic heterocycles. The van der Waals surface area contributed by atoms with Crippen molar-refractivity contribution in [3.05, 3.63) is 53.5 Å². The van der Waals surface area contributed by atoms with E-state index in [1.165, 1.54) is 17.4 Å². The number of fused-ring (bicyclic) bond motifs is 3. The minimum absolute atomic E-state index is 0.0686. The van der Waals surface area contributed by atoms with Crippen LogP contribution in [0.5, 0.6) is 0 Å². The second kappa shape index (κ2) is 7.86. The molecule has 4 heterocycles. The SMILES string of the molecule is O=C(Nc1nc(-c2ccccn2)cs1)c1ccc2c(c1)S(=O)(=O)N=C1CCCCCN12. The van der Waals surface area contributed by atoms with Crippen LogP contribution in [0.25, 0.3) is 11.4 Å². The Kier molecular flexibility index (Phi) is 5.03. The molecule has 0 atom stereocenters. The lowest BCUT2D eigenvalue weighted by molar-refractivity contribution is 0.102. The highest BCUT2D eigenvalue weighted by molar-refractivity contribution is 7.90. The average Bonchev–Trinajstić information content (AvgIpc) is 3.11. The van der Waals surface area contributed by atoms with Crippen molar-refractivity contribution >= 4 is 43.9 Å². The second-order valence-electron chi connectivity index (χ2n) is 7.33. The molecule has 31 heavy (non-hydrogen) atoms. The molecule has 1 amide bonds. The second-order valence-corrected chi connectivity index (χ2v) is 9.77. The minimum Gasteiger partial charge on any atom is -0.328 e. The number of carbonyl (C=O) groups is 1. The van der Waals surface area contributed by atoms with Gasteiger partial charge in [-0.25, -0.2) is 4.98 Å². The van der Waals surface area contributed by atoms with Crippen molar-refractivity contribution in [3.63, 3.8) is 0 Å². The number of hydrogen-bond donors (Lipinski definition) is 1. The van der Waals surface area contributed by atoms with Gasteiger partial charge in [-0.3, -0.25) is 15.1 Å². The van der Waals surface area contributed by atoms with Crippen LogP contribution >= 0.6 is 11.3 Å². The van der Waals surface area contributed by atoms with Crippen LogP contribution in [-0.2, 0) is 10.0 Å².